The van der Waals surface area contributed by atoms with Gasteiger partial charge in [0.2, 0.25) is 0 Å². The van der Waals surface area contributed by atoms with Gasteiger partial charge in [0, 0.05) is 25.8 Å². The van der Waals surface area contributed by atoms with Gasteiger partial charge >= 0.3 is 12.4 Å². The van der Waals surface area contributed by atoms with Crippen LogP contribution in [0.5, 0.6) is 0 Å². The van der Waals surface area contributed by atoms with Crippen molar-refractivity contribution in [1.29, 1.82) is 0 Å². The van der Waals surface area contributed by atoms with Gasteiger partial charge in [-0.2, -0.15) is 26.3 Å². The van der Waals surface area contributed by atoms with E-state index < -0.39 is 35.5 Å². The Labute approximate surface area is 221 Å². The van der Waals surface area contributed by atoms with Crippen LogP contribution in [-0.2, 0) is 25.4 Å². The maximum atomic E-state index is 12.9. The highest BCUT2D eigenvalue weighted by atomic mass is 19.4. The summed E-state index contributed by atoms with van der Waals surface area (Å²) < 4.78 is 77.0. The van der Waals surface area contributed by atoms with E-state index in [2.05, 4.69) is 15.2 Å². The topological polar surface area (TPSA) is 65.5 Å². The Hall–Kier alpha value is -3.44. The predicted molar refractivity (Wildman–Crippen MR) is 131 cm³/mol. The maximum absolute atomic E-state index is 12.9. The Morgan fingerprint density at radius 2 is 1.56 bits per heavy atom. The third-order valence-corrected chi connectivity index (χ3v) is 6.69. The largest absolute Gasteiger partial charge is 0.416 e. The first-order valence-electron chi connectivity index (χ1n) is 12.3. The Bertz CT molecular complexity index is 1300. The van der Waals surface area contributed by atoms with E-state index in [0.29, 0.717) is 13.1 Å². The molecule has 0 fully saturated rings. The van der Waals surface area contributed by atoms with Crippen LogP contribution in [0.3, 0.4) is 0 Å². The number of amides is 1. The highest BCUT2D eigenvalue weighted by molar-refractivity contribution is 5.94. The third-order valence-electron chi connectivity index (χ3n) is 6.69. The lowest BCUT2D eigenvalue weighted by molar-refractivity contribution is -0.138. The lowest BCUT2D eigenvalue weighted by atomic mass is 9.99. The number of fused-ring (bicyclic) bond motifs is 1. The van der Waals surface area contributed by atoms with Crippen molar-refractivity contribution in [1.82, 2.24) is 15.2 Å². The van der Waals surface area contributed by atoms with Gasteiger partial charge in [-0.3, -0.25) is 14.7 Å². The van der Waals surface area contributed by atoms with Gasteiger partial charge in [-0.25, -0.2) is 0 Å². The third kappa shape index (κ3) is 6.59. The molecule has 2 heterocycles. The van der Waals surface area contributed by atoms with Gasteiger partial charge in [0.15, 0.2) is 0 Å². The summed E-state index contributed by atoms with van der Waals surface area (Å²) >= 11 is 0. The molecule has 0 saturated heterocycles. The summed E-state index contributed by atoms with van der Waals surface area (Å²) in [6.07, 6.45) is -8.67. The second-order valence-electron chi connectivity index (χ2n) is 9.90. The molecule has 1 aliphatic heterocycles. The normalized spacial score (nSPS) is 16.8. The Morgan fingerprint density at radius 1 is 1.00 bits per heavy atom. The number of benzene rings is 2. The molecule has 208 valence electrons. The van der Waals surface area contributed by atoms with Crippen molar-refractivity contribution in [2.75, 3.05) is 6.54 Å². The number of aliphatic hydroxyl groups is 1. The van der Waals surface area contributed by atoms with Gasteiger partial charge in [-0.05, 0) is 52.9 Å². The maximum Gasteiger partial charge on any atom is 0.416 e. The number of pyridine rings is 1. The minimum Gasteiger partial charge on any atom is -0.387 e. The molecule has 2 N–H and O–H groups in total. The molecule has 0 bridgehead atoms. The Balaban J connectivity index is 1.42. The summed E-state index contributed by atoms with van der Waals surface area (Å²) in [7, 11) is 0. The monoisotopic (exact) mass is 551 g/mol. The highest BCUT2D eigenvalue weighted by Crippen LogP contribution is 2.39. The van der Waals surface area contributed by atoms with Crippen LogP contribution in [0.15, 0.2) is 60.8 Å². The zero-order chi connectivity index (χ0) is 28.5. The van der Waals surface area contributed by atoms with E-state index in [9.17, 15) is 36.2 Å². The minimum atomic E-state index is -4.49. The molecule has 0 saturated carbocycles. The molecule has 1 unspecified atom stereocenters. The van der Waals surface area contributed by atoms with Crippen molar-refractivity contribution in [3.63, 3.8) is 0 Å². The lowest BCUT2D eigenvalue weighted by Crippen LogP contribution is -2.28. The SMILES string of the molecule is CC(C)[C@H]1c2ncc(C(=O)NCC(O)c3ccc(C(F)(F)F)cc3)cc2CN1Cc1ccc(C(F)(F)F)cc1. The summed E-state index contributed by atoms with van der Waals surface area (Å²) in [6.45, 7) is 4.67. The van der Waals surface area contributed by atoms with Crippen LogP contribution >= 0.6 is 0 Å². The van der Waals surface area contributed by atoms with Gasteiger partial charge in [0.05, 0.1) is 34.5 Å². The first kappa shape index (κ1) is 28.6. The Morgan fingerprint density at radius 3 is 2.10 bits per heavy atom. The number of aliphatic hydroxyl groups excluding tert-OH is 1. The first-order chi connectivity index (χ1) is 18.2. The van der Waals surface area contributed by atoms with Crippen LogP contribution in [0.4, 0.5) is 26.3 Å². The molecule has 39 heavy (non-hydrogen) atoms. The molecule has 0 aliphatic carbocycles. The average Bonchev–Trinajstić information content (AvgIpc) is 3.23. The van der Waals surface area contributed by atoms with E-state index in [4.69, 9.17) is 0 Å². The summed E-state index contributed by atoms with van der Waals surface area (Å²) in [5, 5.41) is 12.9. The van der Waals surface area contributed by atoms with E-state index in [0.717, 1.165) is 53.2 Å². The van der Waals surface area contributed by atoms with Crippen molar-refractivity contribution >= 4 is 5.91 Å². The van der Waals surface area contributed by atoms with Gasteiger partial charge < -0.3 is 10.4 Å². The Kier molecular flexibility index (Phi) is 8.04. The molecule has 0 radical (unpaired) electrons. The number of nitrogens with zero attached hydrogens (tertiary/aromatic N) is 2. The fourth-order valence-corrected chi connectivity index (χ4v) is 4.76. The van der Waals surface area contributed by atoms with E-state index in [1.807, 2.05) is 13.8 Å². The van der Waals surface area contributed by atoms with Crippen LogP contribution in [-0.4, -0.2) is 27.4 Å². The smallest absolute Gasteiger partial charge is 0.387 e. The van der Waals surface area contributed by atoms with Crippen molar-refractivity contribution in [2.24, 2.45) is 5.92 Å². The van der Waals surface area contributed by atoms with Crippen molar-refractivity contribution in [2.45, 2.75) is 51.4 Å². The van der Waals surface area contributed by atoms with E-state index in [1.165, 1.54) is 18.3 Å². The number of hydrogen-bond acceptors (Lipinski definition) is 4. The molecule has 3 aromatic rings. The molecule has 1 aromatic heterocycles. The predicted octanol–water partition coefficient (Wildman–Crippen LogP) is 6.30. The quantitative estimate of drug-likeness (QED) is 0.339. The summed E-state index contributed by atoms with van der Waals surface area (Å²) in [6, 6.07) is 10.7. The second kappa shape index (κ2) is 11.0. The molecule has 1 amide bonds. The van der Waals surface area contributed by atoms with Crippen molar-refractivity contribution in [3.8, 4) is 0 Å². The lowest BCUT2D eigenvalue weighted by Gasteiger charge is -2.27. The molecule has 2 aromatic carbocycles. The van der Waals surface area contributed by atoms with Gasteiger partial charge in [-0.1, -0.05) is 38.1 Å². The summed E-state index contributed by atoms with van der Waals surface area (Å²) in [5.41, 5.74) is 1.27. The fourth-order valence-electron chi connectivity index (χ4n) is 4.76. The van der Waals surface area contributed by atoms with Crippen molar-refractivity contribution < 1.29 is 36.2 Å². The second-order valence-corrected chi connectivity index (χ2v) is 9.90. The molecule has 4 rings (SSSR count). The standard InChI is InChI=1S/C28H27F6N3O2/c1-16(2)25-24-20(15-37(25)14-17-3-7-21(8-4-17)27(29,30)31)11-19(12-35-24)26(39)36-13-23(38)18-5-9-22(10-6-18)28(32,33)34/h3-12,16,23,25,38H,13-15H2,1-2H3,(H,36,39)/t23?,25-/m0/s1. The molecule has 11 heteroatoms. The van der Waals surface area contributed by atoms with E-state index >= 15 is 0 Å². The van der Waals surface area contributed by atoms with Gasteiger partial charge in [0.1, 0.15) is 0 Å². The number of carbonyl (C=O) groups excluding carboxylic acids is 1. The average molecular weight is 552 g/mol. The highest BCUT2D eigenvalue weighted by Gasteiger charge is 2.35. The zero-order valence-electron chi connectivity index (χ0n) is 21.1. The van der Waals surface area contributed by atoms with Crippen molar-refractivity contribution in [3.05, 3.63) is 99.9 Å². The molecule has 2 atom stereocenters. The number of carbonyl (C=O) groups is 1. The summed E-state index contributed by atoms with van der Waals surface area (Å²) in [4.78, 5) is 19.4. The number of nitrogens with one attached hydrogen (secondary N) is 1. The number of halogens is 6. The number of rotatable bonds is 7. The molecular formula is C28H27F6N3O2. The molecule has 0 spiro atoms. The minimum absolute atomic E-state index is 0.0964. The molecule has 5 nitrogen and oxygen atoms in total. The van der Waals surface area contributed by atoms with E-state index in [1.54, 1.807) is 6.07 Å². The van der Waals surface area contributed by atoms with Crippen LogP contribution in [0.1, 0.15) is 69.9 Å². The number of hydrogen-bond donors (Lipinski definition) is 2. The molecule has 1 aliphatic rings. The van der Waals surface area contributed by atoms with Gasteiger partial charge in [-0.15, -0.1) is 0 Å². The van der Waals surface area contributed by atoms with Crippen LogP contribution in [0.25, 0.3) is 0 Å². The summed E-state index contributed by atoms with van der Waals surface area (Å²) in [5.74, 6) is -0.356. The zero-order valence-corrected chi connectivity index (χ0v) is 21.1. The van der Waals surface area contributed by atoms with Crippen LogP contribution in [0.2, 0.25) is 0 Å². The number of alkyl halides is 6. The van der Waals surface area contributed by atoms with Gasteiger partial charge in [0.25, 0.3) is 5.91 Å². The van der Waals surface area contributed by atoms with Crippen LogP contribution < -0.4 is 5.32 Å². The fraction of sp³-hybridized carbons (Fsp3) is 0.357. The van der Waals surface area contributed by atoms with Crippen LogP contribution in [0, 0.1) is 5.92 Å². The molecular weight excluding hydrogens is 524 g/mol. The van der Waals surface area contributed by atoms with E-state index in [-0.39, 0.29) is 29.6 Å². The first-order valence-corrected chi connectivity index (χ1v) is 12.3. The number of aromatic nitrogens is 1.